The largest absolute Gasteiger partial charge is 0.456 e. The topological polar surface area (TPSA) is 44.1 Å². The molecule has 7 aromatic carbocycles. The van der Waals surface area contributed by atoms with Crippen LogP contribution in [0.25, 0.3) is 105 Å². The van der Waals surface area contributed by atoms with Crippen LogP contribution in [0.5, 0.6) is 0 Å². The molecule has 0 aliphatic heterocycles. The summed E-state index contributed by atoms with van der Waals surface area (Å²) in [7, 11) is 0. The first-order chi connectivity index (χ1) is 25.2. The van der Waals surface area contributed by atoms with Crippen LogP contribution in [0.15, 0.2) is 179 Å². The molecular weight excluding hydrogens is 625 g/mol. The minimum absolute atomic E-state index is 0.802. The zero-order chi connectivity index (χ0) is 33.5. The Bertz CT molecular complexity index is 3140. The number of fused-ring (bicyclic) bond motifs is 9. The maximum absolute atomic E-state index is 6.15. The van der Waals surface area contributed by atoms with E-state index >= 15 is 0 Å². The molecule has 0 radical (unpaired) electrons. The van der Waals surface area contributed by atoms with Crippen molar-refractivity contribution in [3.05, 3.63) is 170 Å². The summed E-state index contributed by atoms with van der Waals surface area (Å²) in [4.78, 5) is 4.61. The van der Waals surface area contributed by atoms with Gasteiger partial charge in [0.05, 0.1) is 11.0 Å². The molecule has 238 valence electrons. The number of nitrogens with zero attached hydrogens (tertiary/aromatic N) is 2. The van der Waals surface area contributed by atoms with E-state index in [9.17, 15) is 0 Å². The Labute approximate surface area is 292 Å². The number of aromatic nitrogens is 2. The summed E-state index contributed by atoms with van der Waals surface area (Å²) >= 11 is 0. The van der Waals surface area contributed by atoms with Gasteiger partial charge in [-0.3, -0.25) is 4.98 Å². The van der Waals surface area contributed by atoms with Crippen LogP contribution >= 0.6 is 0 Å². The van der Waals surface area contributed by atoms with Crippen molar-refractivity contribution in [3.8, 4) is 39.1 Å². The molecule has 0 bridgehead atoms. The van der Waals surface area contributed by atoms with Gasteiger partial charge in [-0.25, -0.2) is 0 Å². The van der Waals surface area contributed by atoms with Gasteiger partial charge in [0.15, 0.2) is 5.58 Å². The van der Waals surface area contributed by atoms with E-state index in [0.717, 1.165) is 77.4 Å². The van der Waals surface area contributed by atoms with E-state index in [1.807, 2.05) is 30.5 Å². The molecule has 11 aromatic rings. The molecule has 0 spiro atoms. The van der Waals surface area contributed by atoms with Crippen molar-refractivity contribution in [2.75, 3.05) is 0 Å². The Hall–Kier alpha value is -6.91. The molecule has 0 fully saturated rings. The van der Waals surface area contributed by atoms with Gasteiger partial charge in [-0.2, -0.15) is 0 Å². The predicted molar refractivity (Wildman–Crippen MR) is 209 cm³/mol. The second kappa shape index (κ2) is 10.8. The number of furan rings is 2. The van der Waals surface area contributed by atoms with E-state index < -0.39 is 0 Å². The maximum Gasteiger partial charge on any atom is 0.153 e. The Balaban J connectivity index is 1.11. The summed E-state index contributed by atoms with van der Waals surface area (Å²) in [5, 5.41) is 5.71. The third-order valence-electron chi connectivity index (χ3n) is 10.2. The summed E-state index contributed by atoms with van der Waals surface area (Å²) in [6, 6.07) is 58.2. The molecule has 51 heavy (non-hydrogen) atoms. The van der Waals surface area contributed by atoms with Crippen LogP contribution in [0.1, 0.15) is 0 Å². The smallest absolute Gasteiger partial charge is 0.153 e. The highest BCUT2D eigenvalue weighted by atomic mass is 16.3. The van der Waals surface area contributed by atoms with E-state index in [-0.39, 0.29) is 0 Å². The summed E-state index contributed by atoms with van der Waals surface area (Å²) in [5.74, 6) is 0. The zero-order valence-electron chi connectivity index (χ0n) is 27.4. The molecule has 0 aliphatic carbocycles. The summed E-state index contributed by atoms with van der Waals surface area (Å²) in [6.07, 6.45) is 1.82. The van der Waals surface area contributed by atoms with Crippen molar-refractivity contribution in [3.63, 3.8) is 0 Å². The lowest BCUT2D eigenvalue weighted by Crippen LogP contribution is -1.94. The molecule has 4 nitrogen and oxygen atoms in total. The fourth-order valence-electron chi connectivity index (χ4n) is 7.80. The lowest BCUT2D eigenvalue weighted by Gasteiger charge is -2.11. The third kappa shape index (κ3) is 4.37. The van der Waals surface area contributed by atoms with Crippen LogP contribution in [0.3, 0.4) is 0 Å². The molecule has 0 amide bonds. The Morgan fingerprint density at radius 1 is 0.353 bits per heavy atom. The van der Waals surface area contributed by atoms with E-state index in [4.69, 9.17) is 8.83 Å². The van der Waals surface area contributed by atoms with Crippen molar-refractivity contribution in [1.29, 1.82) is 0 Å². The van der Waals surface area contributed by atoms with Crippen molar-refractivity contribution in [2.24, 2.45) is 0 Å². The molecule has 4 heteroatoms. The molecule has 11 rings (SSSR count). The molecule has 0 saturated carbocycles. The minimum atomic E-state index is 0.802. The summed E-state index contributed by atoms with van der Waals surface area (Å²) in [5.41, 5.74) is 14.8. The SMILES string of the molecule is c1ccc(-c2ccc3c(c2)c2cc(-c4ccc5oc6ccccc6c5c4)ccc2n3-c2cccc(-c3ccc4oc5cccnc5c4c3)c2)cc1. The monoisotopic (exact) mass is 652 g/mol. The van der Waals surface area contributed by atoms with Crippen molar-refractivity contribution < 1.29 is 8.83 Å². The lowest BCUT2D eigenvalue weighted by atomic mass is 9.99. The lowest BCUT2D eigenvalue weighted by molar-refractivity contribution is 0.668. The van der Waals surface area contributed by atoms with Crippen molar-refractivity contribution in [1.82, 2.24) is 9.55 Å². The average Bonchev–Trinajstić information content (AvgIpc) is 3.86. The number of rotatable bonds is 4. The Kier molecular flexibility index (Phi) is 5.92. The van der Waals surface area contributed by atoms with Gasteiger partial charge < -0.3 is 13.4 Å². The van der Waals surface area contributed by atoms with Crippen LogP contribution < -0.4 is 0 Å². The molecule has 4 heterocycles. The number of hydrogen-bond acceptors (Lipinski definition) is 3. The normalized spacial score (nSPS) is 11.9. The van der Waals surface area contributed by atoms with E-state index in [2.05, 4.69) is 149 Å². The first kappa shape index (κ1) is 28.0. The number of pyridine rings is 1. The summed E-state index contributed by atoms with van der Waals surface area (Å²) < 4.78 is 14.6. The highest BCUT2D eigenvalue weighted by Gasteiger charge is 2.17. The van der Waals surface area contributed by atoms with Gasteiger partial charge in [0.25, 0.3) is 0 Å². The fraction of sp³-hybridized carbons (Fsp3) is 0. The molecule has 0 N–H and O–H groups in total. The van der Waals surface area contributed by atoms with E-state index in [1.165, 1.54) is 27.5 Å². The van der Waals surface area contributed by atoms with E-state index in [0.29, 0.717) is 0 Å². The quantitative estimate of drug-likeness (QED) is 0.190. The van der Waals surface area contributed by atoms with Crippen molar-refractivity contribution in [2.45, 2.75) is 0 Å². The zero-order valence-corrected chi connectivity index (χ0v) is 27.4. The van der Waals surface area contributed by atoms with Gasteiger partial charge in [0.1, 0.15) is 22.3 Å². The Morgan fingerprint density at radius 3 is 1.69 bits per heavy atom. The first-order valence-corrected chi connectivity index (χ1v) is 17.2. The molecule has 0 saturated heterocycles. The number of hydrogen-bond donors (Lipinski definition) is 0. The van der Waals surface area contributed by atoms with Crippen LogP contribution in [0, 0.1) is 0 Å². The number of benzene rings is 7. The molecule has 0 aliphatic rings. The van der Waals surface area contributed by atoms with Crippen LogP contribution in [0.4, 0.5) is 0 Å². The van der Waals surface area contributed by atoms with Crippen LogP contribution in [-0.4, -0.2) is 9.55 Å². The van der Waals surface area contributed by atoms with Gasteiger partial charge in [-0.15, -0.1) is 0 Å². The first-order valence-electron chi connectivity index (χ1n) is 17.2. The van der Waals surface area contributed by atoms with Gasteiger partial charge in [-0.05, 0) is 112 Å². The second-order valence-electron chi connectivity index (χ2n) is 13.2. The minimum Gasteiger partial charge on any atom is -0.456 e. The Morgan fingerprint density at radius 2 is 0.902 bits per heavy atom. The molecule has 0 atom stereocenters. The second-order valence-corrected chi connectivity index (χ2v) is 13.2. The average molecular weight is 653 g/mol. The molecule has 4 aromatic heterocycles. The van der Waals surface area contributed by atoms with Gasteiger partial charge >= 0.3 is 0 Å². The fourth-order valence-corrected chi connectivity index (χ4v) is 7.80. The summed E-state index contributed by atoms with van der Waals surface area (Å²) in [6.45, 7) is 0. The molecular formula is C47H28N2O2. The molecule has 0 unspecified atom stereocenters. The van der Waals surface area contributed by atoms with Gasteiger partial charge in [0.2, 0.25) is 0 Å². The number of para-hydroxylation sites is 1. The van der Waals surface area contributed by atoms with Gasteiger partial charge in [0, 0.05) is 38.8 Å². The highest BCUT2D eigenvalue weighted by molar-refractivity contribution is 6.12. The highest BCUT2D eigenvalue weighted by Crippen LogP contribution is 2.40. The van der Waals surface area contributed by atoms with E-state index in [1.54, 1.807) is 0 Å². The third-order valence-corrected chi connectivity index (χ3v) is 10.2. The predicted octanol–water partition coefficient (Wildman–Crippen LogP) is 13.0. The van der Waals surface area contributed by atoms with Gasteiger partial charge in [-0.1, -0.05) is 84.9 Å². The van der Waals surface area contributed by atoms with Crippen LogP contribution in [0.2, 0.25) is 0 Å². The van der Waals surface area contributed by atoms with Crippen LogP contribution in [-0.2, 0) is 0 Å². The maximum atomic E-state index is 6.15. The standard InChI is InChI=1S/C47H28N2O2/c1-2-8-29(9-3-1)31-15-19-41-37(25-31)38-26-32(33-17-21-44-39(27-33)36-12-4-5-13-43(36)50-44)16-20-42(38)49(41)35-11-6-10-30(24-35)34-18-22-45-40(28-34)47-46(51-45)14-7-23-48-47/h1-28H. The van der Waals surface area contributed by atoms with Crippen molar-refractivity contribution >= 4 is 65.8 Å².